The fourth-order valence-electron chi connectivity index (χ4n) is 11.9. The van der Waals surface area contributed by atoms with Gasteiger partial charge in [0.05, 0.1) is 35.9 Å². The van der Waals surface area contributed by atoms with Crippen LogP contribution in [-0.4, -0.2) is 117 Å². The average molecular weight is 907 g/mol. The van der Waals surface area contributed by atoms with E-state index in [1.54, 1.807) is 0 Å². The van der Waals surface area contributed by atoms with Crippen LogP contribution >= 0.6 is 0 Å². The van der Waals surface area contributed by atoms with E-state index in [-0.39, 0.29) is 47.8 Å². The van der Waals surface area contributed by atoms with Crippen LogP contribution in [0.1, 0.15) is 75.1 Å². The van der Waals surface area contributed by atoms with Crippen molar-refractivity contribution in [3.8, 4) is 22.4 Å². The van der Waals surface area contributed by atoms with E-state index < -0.39 is 24.3 Å². The summed E-state index contributed by atoms with van der Waals surface area (Å²) in [6, 6.07) is 21.8. The third kappa shape index (κ3) is 7.63. The SMILES string of the molecule is COC(=O)N[C@H](C(=O)N1[C@@H]2C[C@H]2C[C@H]1c1nc(-c2ccc3cc(-c4ccc5c(ccc6nc([C@@H]7C[C@H]8C[C@H]8N7C(=O)[C@@H](NC(=O)O)C7CCOCC7)[nH]c65)c4)ccc3c2)c[nH]1)C1CCOCC1. The van der Waals surface area contributed by atoms with Gasteiger partial charge < -0.3 is 49.7 Å². The number of aromatic amines is 2. The van der Waals surface area contributed by atoms with Gasteiger partial charge in [0.15, 0.2) is 0 Å². The van der Waals surface area contributed by atoms with E-state index in [4.69, 9.17) is 24.2 Å². The van der Waals surface area contributed by atoms with Crippen molar-refractivity contribution in [3.05, 3.63) is 84.6 Å². The van der Waals surface area contributed by atoms with Crippen molar-refractivity contribution in [2.45, 2.75) is 87.6 Å². The Hall–Kier alpha value is -6.52. The van der Waals surface area contributed by atoms with Gasteiger partial charge in [-0.2, -0.15) is 0 Å². The van der Waals surface area contributed by atoms with Crippen LogP contribution in [0.4, 0.5) is 9.59 Å². The largest absolute Gasteiger partial charge is 0.465 e. The van der Waals surface area contributed by atoms with E-state index in [9.17, 15) is 24.3 Å². The van der Waals surface area contributed by atoms with E-state index in [2.05, 4.69) is 81.3 Å². The van der Waals surface area contributed by atoms with E-state index in [1.165, 1.54) is 7.11 Å². The smallest absolute Gasteiger partial charge is 0.407 e. The summed E-state index contributed by atoms with van der Waals surface area (Å²) in [5.74, 6) is 1.95. The Morgan fingerprint density at radius 2 is 1.24 bits per heavy atom. The van der Waals surface area contributed by atoms with Crippen LogP contribution in [0.15, 0.2) is 72.9 Å². The zero-order valence-corrected chi connectivity index (χ0v) is 37.3. The van der Waals surface area contributed by atoms with E-state index in [0.717, 1.165) is 92.3 Å². The molecule has 346 valence electrons. The number of aromatic nitrogens is 4. The fourth-order valence-corrected chi connectivity index (χ4v) is 11.9. The third-order valence-corrected chi connectivity index (χ3v) is 15.7. The molecule has 4 amide bonds. The summed E-state index contributed by atoms with van der Waals surface area (Å²) in [7, 11) is 1.32. The number of benzene rings is 4. The molecule has 0 radical (unpaired) electrons. The number of H-pyrrole nitrogens is 2. The standard InChI is InChI=1S/C51H54N8O8/c1-65-51(64)57-44(27-12-16-67-17-13-27)49(61)58-39-21-34(39)23-41(58)46-52-25-38(54-46)33-5-4-29-18-28(2-3-30(29)20-33)31-6-8-36-32(19-31)7-9-37-45(36)55-47(53-37)42-24-35-22-40(35)59(42)48(60)43(56-50(62)63)26-10-14-66-15-11-26/h2-9,18-20,25-27,34-35,39-44,56H,10-17,21-24H2,1H3,(H,52,54)(H,53,55)(H,57,64)(H,62,63)/t34-,35+,39+,40+,41-,42-,43-,44-/m0/s1. The summed E-state index contributed by atoms with van der Waals surface area (Å²) in [6.07, 6.45) is 6.35. The molecule has 0 unspecified atom stereocenters. The summed E-state index contributed by atoms with van der Waals surface area (Å²) in [6.45, 7) is 2.17. The number of rotatable bonds is 10. The van der Waals surface area contributed by atoms with Gasteiger partial charge in [-0.1, -0.05) is 42.5 Å². The Balaban J connectivity index is 0.768. The summed E-state index contributed by atoms with van der Waals surface area (Å²) in [5, 5.41) is 19.4. The number of alkyl carbamates (subject to hydrolysis) is 1. The van der Waals surface area contributed by atoms with Gasteiger partial charge in [0.1, 0.15) is 23.7 Å². The monoisotopic (exact) mass is 906 g/mol. The molecule has 4 aliphatic heterocycles. The summed E-state index contributed by atoms with van der Waals surface area (Å²) < 4.78 is 16.0. The molecule has 12 rings (SSSR count). The number of piperidine rings is 2. The zero-order chi connectivity index (χ0) is 45.5. The van der Waals surface area contributed by atoms with Crippen molar-refractivity contribution in [3.63, 3.8) is 0 Å². The van der Waals surface area contributed by atoms with Crippen molar-refractivity contribution >= 4 is 56.6 Å². The van der Waals surface area contributed by atoms with E-state index in [0.29, 0.717) is 63.9 Å². The summed E-state index contributed by atoms with van der Waals surface area (Å²) >= 11 is 0. The Labute approximate surface area is 386 Å². The van der Waals surface area contributed by atoms with Crippen LogP contribution < -0.4 is 10.6 Å². The Morgan fingerprint density at radius 1 is 0.687 bits per heavy atom. The van der Waals surface area contributed by atoms with Crippen molar-refractivity contribution in [1.29, 1.82) is 0 Å². The molecule has 4 aromatic carbocycles. The van der Waals surface area contributed by atoms with Crippen LogP contribution in [0.25, 0.3) is 55.0 Å². The zero-order valence-electron chi connectivity index (χ0n) is 37.3. The fraction of sp³-hybridized carbons (Fsp3) is 0.451. The van der Waals surface area contributed by atoms with Crippen LogP contribution in [0.3, 0.4) is 0 Å². The first kappa shape index (κ1) is 41.9. The van der Waals surface area contributed by atoms with Gasteiger partial charge in [0, 0.05) is 55.7 Å². The normalized spacial score (nSPS) is 25.7. The molecule has 16 heteroatoms. The number of fused-ring (bicyclic) bond motifs is 6. The quantitative estimate of drug-likeness (QED) is 0.0918. The molecule has 2 aliphatic carbocycles. The Morgan fingerprint density at radius 3 is 1.87 bits per heavy atom. The first-order valence-electron chi connectivity index (χ1n) is 23.8. The van der Waals surface area contributed by atoms with E-state index in [1.807, 2.05) is 22.1 Å². The lowest BCUT2D eigenvalue weighted by Gasteiger charge is -2.35. The highest BCUT2D eigenvalue weighted by Gasteiger charge is 2.58. The molecule has 67 heavy (non-hydrogen) atoms. The highest BCUT2D eigenvalue weighted by atomic mass is 16.5. The lowest BCUT2D eigenvalue weighted by molar-refractivity contribution is -0.138. The van der Waals surface area contributed by atoms with Gasteiger partial charge in [-0.05, 0) is 127 Å². The minimum absolute atomic E-state index is 0.0265. The highest BCUT2D eigenvalue weighted by Crippen LogP contribution is 2.55. The maximum Gasteiger partial charge on any atom is 0.407 e. The number of carbonyl (C=O) groups excluding carboxylic acids is 3. The lowest BCUT2D eigenvalue weighted by Crippen LogP contribution is -2.54. The van der Waals surface area contributed by atoms with Crippen LogP contribution in [0.5, 0.6) is 0 Å². The molecule has 6 fully saturated rings. The predicted octanol–water partition coefficient (Wildman–Crippen LogP) is 7.46. The number of imidazole rings is 2. The van der Waals surface area contributed by atoms with Crippen LogP contribution in [0.2, 0.25) is 0 Å². The van der Waals surface area contributed by atoms with Gasteiger partial charge in [0.25, 0.3) is 0 Å². The molecular formula is C51H54N8O8. The van der Waals surface area contributed by atoms with Gasteiger partial charge in [-0.3, -0.25) is 9.59 Å². The second-order valence-corrected chi connectivity index (χ2v) is 19.5. The highest BCUT2D eigenvalue weighted by molar-refractivity contribution is 6.06. The molecule has 5 N–H and O–H groups in total. The maximum absolute atomic E-state index is 14.3. The number of amides is 4. The van der Waals surface area contributed by atoms with Gasteiger partial charge in [-0.25, -0.2) is 19.6 Å². The number of nitrogens with zero attached hydrogens (tertiary/aromatic N) is 4. The van der Waals surface area contributed by atoms with Gasteiger partial charge >= 0.3 is 12.2 Å². The molecule has 2 aromatic heterocycles. The molecule has 8 atom stereocenters. The second-order valence-electron chi connectivity index (χ2n) is 19.5. The topological polar surface area (TPSA) is 204 Å². The van der Waals surface area contributed by atoms with Crippen LogP contribution in [0, 0.1) is 23.7 Å². The third-order valence-electron chi connectivity index (χ3n) is 15.7. The molecule has 0 bridgehead atoms. The van der Waals surface area contributed by atoms with Gasteiger partial charge in [0.2, 0.25) is 11.8 Å². The lowest BCUT2D eigenvalue weighted by atomic mass is 9.90. The molecule has 0 spiro atoms. The maximum atomic E-state index is 14.3. The van der Waals surface area contributed by atoms with Crippen molar-refractivity contribution in [2.24, 2.45) is 23.7 Å². The van der Waals surface area contributed by atoms with Crippen molar-refractivity contribution < 1.29 is 38.5 Å². The number of carboxylic acid groups (broad SMARTS) is 1. The molecule has 16 nitrogen and oxygen atoms in total. The first-order chi connectivity index (χ1) is 32.7. The average Bonchev–Trinajstić information content (AvgIpc) is 3.97. The molecular weight excluding hydrogens is 853 g/mol. The minimum atomic E-state index is -1.19. The predicted molar refractivity (Wildman–Crippen MR) is 248 cm³/mol. The number of ether oxygens (including phenoxy) is 3. The van der Waals surface area contributed by atoms with Crippen molar-refractivity contribution in [1.82, 2.24) is 40.4 Å². The molecule has 6 aliphatic rings. The minimum Gasteiger partial charge on any atom is -0.465 e. The number of hydrogen-bond acceptors (Lipinski definition) is 9. The van der Waals surface area contributed by atoms with Crippen LogP contribution in [-0.2, 0) is 23.8 Å². The van der Waals surface area contributed by atoms with Gasteiger partial charge in [-0.15, -0.1) is 0 Å². The summed E-state index contributed by atoms with van der Waals surface area (Å²) in [5.41, 5.74) is 5.71. The molecule has 6 heterocycles. The number of hydrogen-bond donors (Lipinski definition) is 5. The first-order valence-corrected chi connectivity index (χ1v) is 23.8. The summed E-state index contributed by atoms with van der Waals surface area (Å²) in [4.78, 5) is 73.8. The number of nitrogens with one attached hydrogen (secondary N) is 4. The second kappa shape index (κ2) is 16.7. The van der Waals surface area contributed by atoms with E-state index >= 15 is 0 Å². The van der Waals surface area contributed by atoms with Crippen molar-refractivity contribution in [2.75, 3.05) is 33.5 Å². The number of likely N-dealkylation sites (tertiary alicyclic amines) is 2. The number of methoxy groups -OCH3 is 1. The molecule has 4 saturated heterocycles. The Bertz CT molecular complexity index is 2940. The molecule has 6 aromatic rings. The Kier molecular flexibility index (Phi) is 10.4. The molecule has 2 saturated carbocycles. The number of carbonyl (C=O) groups is 4.